The summed E-state index contributed by atoms with van der Waals surface area (Å²) >= 11 is 6.07. The third-order valence-electron chi connectivity index (χ3n) is 9.35. The topological polar surface area (TPSA) is 130 Å². The van der Waals surface area contributed by atoms with Gasteiger partial charge in [-0.25, -0.2) is 29.0 Å². The van der Waals surface area contributed by atoms with E-state index in [0.717, 1.165) is 70.3 Å². The SMILES string of the molecule is CC1CCCN1c1cccc(Nc2cc(-c3ccncc3)nn3ccnc23)n1.CC1CCCN1c1cccc(Nc2cc(Cl)nn3ccnc23)n1. The van der Waals surface area contributed by atoms with Crippen LogP contribution in [0, 0.1) is 0 Å². The number of fused-ring (bicyclic) bond motifs is 2. The molecule has 2 fully saturated rings. The molecule has 2 aliphatic rings. The normalized spacial score (nSPS) is 17.2. The average molecular weight is 700 g/mol. The molecule has 51 heavy (non-hydrogen) atoms. The second-order valence-electron chi connectivity index (χ2n) is 12.8. The van der Waals surface area contributed by atoms with E-state index in [4.69, 9.17) is 21.6 Å². The minimum Gasteiger partial charge on any atom is -0.354 e. The van der Waals surface area contributed by atoms with E-state index in [2.05, 4.69) is 71.6 Å². The summed E-state index contributed by atoms with van der Waals surface area (Å²) in [7, 11) is 0. The second-order valence-corrected chi connectivity index (χ2v) is 13.2. The van der Waals surface area contributed by atoms with Crippen molar-refractivity contribution in [2.75, 3.05) is 33.5 Å². The molecular weight excluding hydrogens is 662 g/mol. The number of nitrogens with one attached hydrogen (secondary N) is 2. The van der Waals surface area contributed by atoms with Crippen molar-refractivity contribution in [2.24, 2.45) is 0 Å². The molecule has 9 rings (SSSR count). The molecule has 0 aromatic carbocycles. The maximum absolute atomic E-state index is 6.07. The van der Waals surface area contributed by atoms with E-state index in [1.165, 1.54) is 25.7 Å². The minimum atomic E-state index is 0.405. The zero-order valence-corrected chi connectivity index (χ0v) is 29.2. The van der Waals surface area contributed by atoms with Crippen LogP contribution in [0.1, 0.15) is 39.5 Å². The summed E-state index contributed by atoms with van der Waals surface area (Å²) in [5.41, 5.74) is 4.98. The summed E-state index contributed by atoms with van der Waals surface area (Å²) in [5, 5.41) is 16.0. The van der Waals surface area contributed by atoms with Crippen molar-refractivity contribution in [2.45, 2.75) is 51.6 Å². The van der Waals surface area contributed by atoms with Gasteiger partial charge in [-0.2, -0.15) is 10.2 Å². The van der Waals surface area contributed by atoms with Gasteiger partial charge in [0.05, 0.1) is 17.1 Å². The van der Waals surface area contributed by atoms with Gasteiger partial charge in [0.2, 0.25) is 0 Å². The monoisotopic (exact) mass is 699 g/mol. The third kappa shape index (κ3) is 6.97. The minimum absolute atomic E-state index is 0.405. The van der Waals surface area contributed by atoms with Gasteiger partial charge in [0.25, 0.3) is 0 Å². The maximum atomic E-state index is 6.07. The van der Waals surface area contributed by atoms with Crippen molar-refractivity contribution in [1.29, 1.82) is 0 Å². The summed E-state index contributed by atoms with van der Waals surface area (Å²) in [6.07, 6.45) is 15.5. The molecule has 0 saturated carbocycles. The fourth-order valence-corrected chi connectivity index (χ4v) is 6.97. The van der Waals surface area contributed by atoms with Gasteiger partial charge in [-0.3, -0.25) is 4.98 Å². The Morgan fingerprint density at radius 2 is 1.22 bits per heavy atom. The van der Waals surface area contributed by atoms with Crippen molar-refractivity contribution in [3.63, 3.8) is 0 Å². The molecule has 14 heteroatoms. The van der Waals surface area contributed by atoms with Gasteiger partial charge in [-0.05, 0) is 82.0 Å². The fraction of sp³-hybridized carbons (Fsp3) is 0.270. The van der Waals surface area contributed by atoms with E-state index >= 15 is 0 Å². The quantitative estimate of drug-likeness (QED) is 0.172. The lowest BCUT2D eigenvalue weighted by atomic mass is 10.2. The van der Waals surface area contributed by atoms with Gasteiger partial charge in [-0.1, -0.05) is 23.7 Å². The third-order valence-corrected chi connectivity index (χ3v) is 9.54. The van der Waals surface area contributed by atoms with Crippen LogP contribution in [-0.2, 0) is 0 Å². The first-order valence-electron chi connectivity index (χ1n) is 17.2. The first kappa shape index (κ1) is 32.4. The van der Waals surface area contributed by atoms with Crippen LogP contribution in [0.2, 0.25) is 5.15 Å². The van der Waals surface area contributed by atoms with Crippen molar-refractivity contribution in [3.8, 4) is 11.3 Å². The van der Waals surface area contributed by atoms with Crippen molar-refractivity contribution in [1.82, 2.24) is 44.1 Å². The van der Waals surface area contributed by atoms with E-state index in [0.29, 0.717) is 17.2 Å². The number of rotatable bonds is 7. The van der Waals surface area contributed by atoms with Crippen molar-refractivity contribution < 1.29 is 0 Å². The van der Waals surface area contributed by atoms with E-state index in [1.54, 1.807) is 46.1 Å². The fourth-order valence-electron chi connectivity index (χ4n) is 6.78. The predicted octanol–water partition coefficient (Wildman–Crippen LogP) is 7.43. The molecule has 2 atom stereocenters. The van der Waals surface area contributed by atoms with Gasteiger partial charge in [0.15, 0.2) is 16.4 Å². The number of hydrogen-bond acceptors (Lipinski definition) is 11. The Hall–Kier alpha value is -5.82. The summed E-state index contributed by atoms with van der Waals surface area (Å²) in [4.78, 5) is 27.1. The highest BCUT2D eigenvalue weighted by molar-refractivity contribution is 6.29. The highest BCUT2D eigenvalue weighted by Crippen LogP contribution is 2.29. The Kier molecular flexibility index (Phi) is 9.01. The summed E-state index contributed by atoms with van der Waals surface area (Å²) in [6.45, 7) is 6.62. The van der Waals surface area contributed by atoms with Crippen molar-refractivity contribution in [3.05, 3.63) is 103 Å². The van der Waals surface area contributed by atoms with Gasteiger partial charge < -0.3 is 20.4 Å². The molecule has 13 nitrogen and oxygen atoms in total. The van der Waals surface area contributed by atoms with E-state index in [-0.39, 0.29) is 0 Å². The Morgan fingerprint density at radius 1 is 0.667 bits per heavy atom. The van der Waals surface area contributed by atoms with Crippen LogP contribution in [0.15, 0.2) is 97.8 Å². The van der Waals surface area contributed by atoms with E-state index < -0.39 is 0 Å². The summed E-state index contributed by atoms with van der Waals surface area (Å²) < 4.78 is 3.43. The second kappa shape index (κ2) is 14.2. The van der Waals surface area contributed by atoms with Crippen LogP contribution in [0.5, 0.6) is 0 Å². The zero-order chi connectivity index (χ0) is 34.7. The number of imidazole rings is 2. The molecule has 9 heterocycles. The molecule has 2 N–H and O–H groups in total. The Bertz CT molecular complexity index is 2270. The Morgan fingerprint density at radius 3 is 1.76 bits per heavy atom. The summed E-state index contributed by atoms with van der Waals surface area (Å²) in [5.74, 6) is 3.58. The average Bonchev–Trinajstić information content (AvgIpc) is 3.97. The van der Waals surface area contributed by atoms with Crippen LogP contribution in [-0.4, -0.2) is 69.3 Å². The molecule has 0 aliphatic carbocycles. The summed E-state index contributed by atoms with van der Waals surface area (Å²) in [6, 6.07) is 20.8. The molecule has 0 radical (unpaired) electrons. The molecule has 0 amide bonds. The molecule has 2 saturated heterocycles. The smallest absolute Gasteiger partial charge is 0.177 e. The number of halogens is 1. The van der Waals surface area contributed by atoms with Crippen LogP contribution >= 0.6 is 11.6 Å². The van der Waals surface area contributed by atoms with Gasteiger partial charge >= 0.3 is 0 Å². The van der Waals surface area contributed by atoms with E-state index in [1.807, 2.05) is 48.7 Å². The highest BCUT2D eigenvalue weighted by Gasteiger charge is 2.23. The number of aromatic nitrogens is 9. The highest BCUT2D eigenvalue weighted by atomic mass is 35.5. The number of nitrogens with zero attached hydrogens (tertiary/aromatic N) is 11. The maximum Gasteiger partial charge on any atom is 0.177 e. The van der Waals surface area contributed by atoms with Crippen molar-refractivity contribution >= 4 is 57.5 Å². The molecule has 7 aromatic rings. The van der Waals surface area contributed by atoms with E-state index in [9.17, 15) is 0 Å². The molecule has 7 aromatic heterocycles. The number of hydrogen-bond donors (Lipinski definition) is 2. The van der Waals surface area contributed by atoms with Crippen LogP contribution in [0.3, 0.4) is 0 Å². The lowest BCUT2D eigenvalue weighted by Gasteiger charge is -2.23. The van der Waals surface area contributed by atoms with Crippen LogP contribution in [0.4, 0.5) is 34.6 Å². The molecule has 0 spiro atoms. The standard InChI is InChI=1S/C21H21N7.C16H17ClN6/c1-15-4-3-12-27(15)20-6-2-5-19(25-20)24-18-14-17(16-7-9-22-10-8-16)26-28-13-11-23-21(18)28;1-11-4-3-8-22(11)15-6-2-5-14(20-15)19-12-10-13(17)21-23-9-7-18-16(12)23/h2,5-11,13-15H,3-4,12H2,1H3,(H,24,25);2,5-7,9-11H,3-4,8H2,1H3,(H,19,20). The Labute approximate surface area is 300 Å². The first-order chi connectivity index (χ1) is 25.0. The lowest BCUT2D eigenvalue weighted by Crippen LogP contribution is -2.27. The molecule has 258 valence electrons. The lowest BCUT2D eigenvalue weighted by molar-refractivity contribution is 0.727. The predicted molar refractivity (Wildman–Crippen MR) is 201 cm³/mol. The van der Waals surface area contributed by atoms with Gasteiger partial charge in [-0.15, -0.1) is 0 Å². The largest absolute Gasteiger partial charge is 0.354 e. The molecule has 2 aliphatic heterocycles. The zero-order valence-electron chi connectivity index (χ0n) is 28.4. The van der Waals surface area contributed by atoms with Crippen LogP contribution in [0.25, 0.3) is 22.6 Å². The number of anilines is 6. The van der Waals surface area contributed by atoms with Gasteiger partial charge in [0.1, 0.15) is 23.3 Å². The molecular formula is C37H38ClN13. The number of pyridine rings is 3. The Balaban J connectivity index is 0.000000150. The molecule has 0 bridgehead atoms. The first-order valence-corrected chi connectivity index (χ1v) is 17.6. The molecule has 2 unspecified atom stereocenters. The van der Waals surface area contributed by atoms with Gasteiger partial charge in [0, 0.05) is 74.0 Å². The van der Waals surface area contributed by atoms with Crippen LogP contribution < -0.4 is 20.4 Å².